The van der Waals surface area contributed by atoms with Gasteiger partial charge >= 0.3 is 44.8 Å². The summed E-state index contributed by atoms with van der Waals surface area (Å²) in [6.45, 7) is 0. The Labute approximate surface area is 76.3 Å². The van der Waals surface area contributed by atoms with Crippen molar-refractivity contribution in [3.8, 4) is 0 Å². The molecule has 40 valence electrons. The summed E-state index contributed by atoms with van der Waals surface area (Å²) in [6.07, 6.45) is 0. The van der Waals surface area contributed by atoms with E-state index in [1.165, 1.54) is 0 Å². The van der Waals surface area contributed by atoms with E-state index in [0.29, 0.717) is 0 Å². The van der Waals surface area contributed by atoms with Crippen LogP contribution in [0.4, 0.5) is 0 Å². The van der Waals surface area contributed by atoms with Crippen LogP contribution in [0.1, 0.15) is 0 Å². The molecule has 0 fully saturated rings. The van der Waals surface area contributed by atoms with Crippen molar-refractivity contribution in [2.75, 3.05) is 0 Å². The van der Waals surface area contributed by atoms with Crippen LogP contribution >= 0.6 is 0 Å². The number of carbonyl (C=O) groups is 2. The summed E-state index contributed by atoms with van der Waals surface area (Å²) in [4.78, 5) is 17.9. The zero-order chi connectivity index (χ0) is 5.15. The Morgan fingerprint density at radius 1 is 0.875 bits per heavy atom. The molecular formula is C2Nb2O4+2. The third-order valence-corrected chi connectivity index (χ3v) is 0.167. The minimum absolute atomic E-state index is 0. The van der Waals surface area contributed by atoms with Gasteiger partial charge in [0, 0.05) is 0 Å². The monoisotopic (exact) mass is 274 g/mol. The van der Waals surface area contributed by atoms with Gasteiger partial charge in [0.15, 0.2) is 0 Å². The molecule has 6 heteroatoms. The second-order valence-corrected chi connectivity index (χ2v) is 0.575. The Morgan fingerprint density at radius 2 is 1.00 bits per heavy atom. The van der Waals surface area contributed by atoms with Gasteiger partial charge in [0.05, 0.1) is 11.9 Å². The quantitative estimate of drug-likeness (QED) is 0.339. The molecule has 0 spiro atoms. The Bertz CT molecular complexity index is 78.0. The first-order valence-electron chi connectivity index (χ1n) is 1.07. The molecule has 2 radical (unpaired) electrons. The van der Waals surface area contributed by atoms with E-state index in [1.807, 2.05) is 0 Å². The van der Waals surface area contributed by atoms with Crippen molar-refractivity contribution in [1.82, 2.24) is 0 Å². The Hall–Kier alpha value is 0.421. The van der Waals surface area contributed by atoms with Crippen LogP contribution in [0.15, 0.2) is 0 Å². The van der Waals surface area contributed by atoms with Gasteiger partial charge in [0.1, 0.15) is 0 Å². The number of hydrogen-bond donors (Lipinski definition) is 0. The fraction of sp³-hybridized carbons (Fsp3) is 0. The maximum atomic E-state index is 8.93. The summed E-state index contributed by atoms with van der Waals surface area (Å²) in [7, 11) is 0. The number of aliphatic carboxylic acids is 2. The molecule has 0 saturated carbocycles. The third-order valence-electron chi connectivity index (χ3n) is 0.167. The number of carboxylic acid groups (broad SMARTS) is 2. The molecule has 0 aromatic carbocycles. The van der Waals surface area contributed by atoms with Crippen molar-refractivity contribution >= 4 is 11.9 Å². The molecule has 0 saturated heterocycles. The first kappa shape index (κ1) is 15.8. The number of hydrogen-bond acceptors (Lipinski definition) is 4. The number of carbonyl (C=O) groups excluding carboxylic acids is 2. The molecule has 4 nitrogen and oxygen atoms in total. The fourth-order valence-electron chi connectivity index (χ4n) is 0. The molecule has 0 aromatic heterocycles. The van der Waals surface area contributed by atoms with Gasteiger partial charge in [-0.05, 0) is 0 Å². The van der Waals surface area contributed by atoms with Gasteiger partial charge in [-0.2, -0.15) is 0 Å². The normalized spacial score (nSPS) is 5.50. The predicted molar refractivity (Wildman–Crippen MR) is 10.0 cm³/mol. The molecule has 0 bridgehead atoms. The summed E-state index contributed by atoms with van der Waals surface area (Å²) in [5, 5.41) is 17.9. The topological polar surface area (TPSA) is 80.3 Å². The summed E-state index contributed by atoms with van der Waals surface area (Å²) >= 11 is 0. The number of rotatable bonds is 0. The molecule has 0 unspecified atom stereocenters. The Balaban J connectivity index is -0.000000125. The van der Waals surface area contributed by atoms with E-state index in [2.05, 4.69) is 0 Å². The average molecular weight is 274 g/mol. The van der Waals surface area contributed by atoms with Crippen LogP contribution in [-0.2, 0) is 54.3 Å². The molecule has 0 aliphatic carbocycles. The van der Waals surface area contributed by atoms with Crippen LogP contribution in [0, 0.1) is 0 Å². The molecule has 0 aliphatic rings. The average Bonchev–Trinajstić information content (AvgIpc) is 1.36. The zero-order valence-corrected chi connectivity index (χ0v) is 7.92. The van der Waals surface area contributed by atoms with Gasteiger partial charge in [-0.1, -0.05) is 0 Å². The molecule has 0 N–H and O–H groups in total. The summed E-state index contributed by atoms with van der Waals surface area (Å²) < 4.78 is 0. The Morgan fingerprint density at radius 3 is 1.00 bits per heavy atom. The van der Waals surface area contributed by atoms with Crippen LogP contribution in [0.2, 0.25) is 0 Å². The second kappa shape index (κ2) is 7.42. The predicted octanol–water partition coefficient (Wildman–Crippen LogP) is -3.52. The summed E-state index contributed by atoms with van der Waals surface area (Å²) in [6, 6.07) is 0. The van der Waals surface area contributed by atoms with Gasteiger partial charge in [0.25, 0.3) is 0 Å². The van der Waals surface area contributed by atoms with E-state index in [9.17, 15) is 0 Å². The molecule has 0 aromatic rings. The smallest absolute Gasteiger partial charge is 0.543 e. The molecule has 8 heavy (non-hydrogen) atoms. The first-order chi connectivity index (χ1) is 2.64. The molecular weight excluding hydrogens is 274 g/mol. The van der Waals surface area contributed by atoms with E-state index in [0.717, 1.165) is 0 Å². The van der Waals surface area contributed by atoms with Gasteiger partial charge < -0.3 is 19.8 Å². The van der Waals surface area contributed by atoms with E-state index < -0.39 is 11.9 Å². The second-order valence-electron chi connectivity index (χ2n) is 0.575. The summed E-state index contributed by atoms with van der Waals surface area (Å²) in [5.41, 5.74) is 0. The minimum atomic E-state index is -2.19. The van der Waals surface area contributed by atoms with Gasteiger partial charge in [-0.3, -0.25) is 0 Å². The first-order valence-corrected chi connectivity index (χ1v) is 1.07. The Kier molecular flexibility index (Phi) is 14.6. The van der Waals surface area contributed by atoms with Crippen LogP contribution in [0.25, 0.3) is 0 Å². The van der Waals surface area contributed by atoms with Crippen molar-refractivity contribution in [3.05, 3.63) is 0 Å². The maximum absolute atomic E-state index is 8.93. The van der Waals surface area contributed by atoms with Crippen LogP contribution in [0.3, 0.4) is 0 Å². The van der Waals surface area contributed by atoms with Crippen molar-refractivity contribution in [1.29, 1.82) is 0 Å². The van der Waals surface area contributed by atoms with Crippen LogP contribution in [-0.4, -0.2) is 11.9 Å². The van der Waals surface area contributed by atoms with E-state index in [1.54, 1.807) is 0 Å². The number of carboxylic acids is 2. The van der Waals surface area contributed by atoms with Crippen molar-refractivity contribution < 1.29 is 64.6 Å². The van der Waals surface area contributed by atoms with E-state index >= 15 is 0 Å². The van der Waals surface area contributed by atoms with Gasteiger partial charge in [-0.25, -0.2) is 0 Å². The van der Waals surface area contributed by atoms with Crippen molar-refractivity contribution in [2.45, 2.75) is 0 Å². The van der Waals surface area contributed by atoms with Gasteiger partial charge in [0.2, 0.25) is 0 Å². The van der Waals surface area contributed by atoms with E-state index in [-0.39, 0.29) is 44.8 Å². The van der Waals surface area contributed by atoms with Crippen molar-refractivity contribution in [2.24, 2.45) is 0 Å². The molecule has 0 amide bonds. The largest absolute Gasteiger partial charge is 2.00 e. The standard InChI is InChI=1S/C2H2O4.2Nb/c3-1(4)2(5)6;;/h(H,3,4)(H,5,6);;/q;2*+2/p-2. The maximum Gasteiger partial charge on any atom is 2.00 e. The molecule has 0 rings (SSSR count). The van der Waals surface area contributed by atoms with E-state index in [4.69, 9.17) is 19.8 Å². The zero-order valence-electron chi connectivity index (χ0n) is 3.53. The SMILES string of the molecule is O=C([O-])C(=O)[O-].[Nb+2].[Nb+2]. The third kappa shape index (κ3) is 9.65. The van der Waals surface area contributed by atoms with Crippen LogP contribution in [0.5, 0.6) is 0 Å². The minimum Gasteiger partial charge on any atom is -0.543 e. The fourth-order valence-corrected chi connectivity index (χ4v) is 0. The van der Waals surface area contributed by atoms with Gasteiger partial charge in [-0.15, -0.1) is 0 Å². The van der Waals surface area contributed by atoms with Crippen LogP contribution < -0.4 is 10.2 Å². The molecule has 0 atom stereocenters. The van der Waals surface area contributed by atoms with Crippen molar-refractivity contribution in [3.63, 3.8) is 0 Å². The molecule has 0 aliphatic heterocycles. The summed E-state index contributed by atoms with van der Waals surface area (Å²) in [5.74, 6) is -4.37. The molecule has 0 heterocycles.